The molecular weight excluding hydrogens is 272 g/mol. The zero-order valence-corrected chi connectivity index (χ0v) is 14.8. The highest BCUT2D eigenvalue weighted by Crippen LogP contribution is 2.35. The van der Waals surface area contributed by atoms with Gasteiger partial charge in [-0.05, 0) is 44.4 Å². The average Bonchev–Trinajstić information content (AvgIpc) is 3.20. The summed E-state index contributed by atoms with van der Waals surface area (Å²) in [6.45, 7) is 10.3. The monoisotopic (exact) mass is 308 g/mol. The number of hydrogen-bond donors (Lipinski definition) is 0. The summed E-state index contributed by atoms with van der Waals surface area (Å²) in [7, 11) is 0. The quantitative estimate of drug-likeness (QED) is 0.356. The Hall–Kier alpha value is -0.340. The van der Waals surface area contributed by atoms with Gasteiger partial charge in [0.25, 0.3) is 0 Å². The van der Waals surface area contributed by atoms with Crippen LogP contribution in [0.2, 0.25) is 0 Å². The summed E-state index contributed by atoms with van der Waals surface area (Å²) in [6, 6.07) is 0. The lowest BCUT2D eigenvalue weighted by molar-refractivity contribution is -0.0886. The lowest BCUT2D eigenvalue weighted by Gasteiger charge is -2.32. The number of rotatable bonds is 12. The molecule has 22 heavy (non-hydrogen) atoms. The van der Waals surface area contributed by atoms with Crippen LogP contribution in [0.15, 0.2) is 12.7 Å². The molecule has 0 aromatic rings. The van der Waals surface area contributed by atoms with Crippen LogP contribution in [0.3, 0.4) is 0 Å². The van der Waals surface area contributed by atoms with E-state index in [2.05, 4.69) is 26.5 Å². The van der Waals surface area contributed by atoms with E-state index in [1.165, 1.54) is 51.4 Å². The molecule has 0 N–H and O–H groups in total. The SMILES string of the molecule is C=CC(CC1CCCC1)[C@@H](OCC1CC1)[C@H](C)OCCCC. The van der Waals surface area contributed by atoms with Crippen molar-refractivity contribution in [1.82, 2.24) is 0 Å². The van der Waals surface area contributed by atoms with E-state index in [1.54, 1.807) is 0 Å². The molecule has 0 heterocycles. The van der Waals surface area contributed by atoms with Crippen LogP contribution in [0, 0.1) is 17.8 Å². The molecule has 0 aromatic carbocycles. The van der Waals surface area contributed by atoms with Gasteiger partial charge in [-0.25, -0.2) is 0 Å². The predicted octanol–water partition coefficient (Wildman–Crippen LogP) is 5.37. The fraction of sp³-hybridized carbons (Fsp3) is 0.900. The van der Waals surface area contributed by atoms with Crippen molar-refractivity contribution in [3.8, 4) is 0 Å². The molecule has 2 fully saturated rings. The number of hydrogen-bond acceptors (Lipinski definition) is 2. The van der Waals surface area contributed by atoms with Gasteiger partial charge in [0.15, 0.2) is 0 Å². The van der Waals surface area contributed by atoms with E-state index in [1.807, 2.05) is 0 Å². The van der Waals surface area contributed by atoms with Crippen LogP contribution in [0.25, 0.3) is 0 Å². The van der Waals surface area contributed by atoms with Crippen LogP contribution in [0.1, 0.15) is 71.6 Å². The van der Waals surface area contributed by atoms with Crippen LogP contribution in [0.4, 0.5) is 0 Å². The highest BCUT2D eigenvalue weighted by Gasteiger charge is 2.32. The molecule has 2 rings (SSSR count). The Bertz CT molecular complexity index is 305. The fourth-order valence-electron chi connectivity index (χ4n) is 3.64. The maximum atomic E-state index is 6.33. The summed E-state index contributed by atoms with van der Waals surface area (Å²) >= 11 is 0. The van der Waals surface area contributed by atoms with Crippen molar-refractivity contribution in [3.63, 3.8) is 0 Å². The lowest BCUT2D eigenvalue weighted by atomic mass is 9.87. The van der Waals surface area contributed by atoms with Gasteiger partial charge in [-0.3, -0.25) is 0 Å². The van der Waals surface area contributed by atoms with Crippen LogP contribution in [-0.2, 0) is 9.47 Å². The summed E-state index contributed by atoms with van der Waals surface area (Å²) in [5, 5.41) is 0. The van der Waals surface area contributed by atoms with Gasteiger partial charge < -0.3 is 9.47 Å². The first kappa shape index (κ1) is 18.0. The number of ether oxygens (including phenoxy) is 2. The third-order valence-electron chi connectivity index (χ3n) is 5.37. The maximum Gasteiger partial charge on any atom is 0.0896 e. The normalized spacial score (nSPS) is 23.4. The molecule has 0 aliphatic heterocycles. The van der Waals surface area contributed by atoms with Gasteiger partial charge in [-0.15, -0.1) is 6.58 Å². The molecule has 128 valence electrons. The minimum Gasteiger partial charge on any atom is -0.376 e. The molecule has 0 spiro atoms. The molecule has 3 atom stereocenters. The van der Waals surface area contributed by atoms with Crippen molar-refractivity contribution in [3.05, 3.63) is 12.7 Å². The molecule has 2 nitrogen and oxygen atoms in total. The van der Waals surface area contributed by atoms with Crippen molar-refractivity contribution < 1.29 is 9.47 Å². The molecule has 0 bridgehead atoms. The van der Waals surface area contributed by atoms with Gasteiger partial charge in [0.05, 0.1) is 12.2 Å². The number of unbranched alkanes of at least 4 members (excludes halogenated alkanes) is 1. The summed E-state index contributed by atoms with van der Waals surface area (Å²) in [5.41, 5.74) is 0. The summed E-state index contributed by atoms with van der Waals surface area (Å²) < 4.78 is 12.4. The summed E-state index contributed by atoms with van der Waals surface area (Å²) in [6.07, 6.45) is 14.4. The molecule has 1 unspecified atom stereocenters. The van der Waals surface area contributed by atoms with E-state index < -0.39 is 0 Å². The highest BCUT2D eigenvalue weighted by atomic mass is 16.5. The molecule has 0 saturated heterocycles. The summed E-state index contributed by atoms with van der Waals surface area (Å²) in [4.78, 5) is 0. The molecule has 2 aliphatic rings. The Morgan fingerprint density at radius 2 is 1.82 bits per heavy atom. The molecule has 2 aliphatic carbocycles. The largest absolute Gasteiger partial charge is 0.376 e. The van der Waals surface area contributed by atoms with Crippen LogP contribution >= 0.6 is 0 Å². The van der Waals surface area contributed by atoms with E-state index in [-0.39, 0.29) is 12.2 Å². The Kier molecular flexibility index (Phi) is 7.96. The van der Waals surface area contributed by atoms with E-state index in [4.69, 9.17) is 9.47 Å². The molecule has 2 saturated carbocycles. The third-order valence-corrected chi connectivity index (χ3v) is 5.37. The molecule has 0 amide bonds. The predicted molar refractivity (Wildman–Crippen MR) is 93.0 cm³/mol. The first-order chi connectivity index (χ1) is 10.7. The van der Waals surface area contributed by atoms with Gasteiger partial charge in [0, 0.05) is 19.1 Å². The highest BCUT2D eigenvalue weighted by molar-refractivity contribution is 4.91. The van der Waals surface area contributed by atoms with E-state index in [0.29, 0.717) is 5.92 Å². The molecule has 0 radical (unpaired) electrons. The molecule has 0 aromatic heterocycles. The van der Waals surface area contributed by atoms with Gasteiger partial charge >= 0.3 is 0 Å². The zero-order valence-electron chi connectivity index (χ0n) is 14.8. The smallest absolute Gasteiger partial charge is 0.0896 e. The second kappa shape index (κ2) is 9.72. The topological polar surface area (TPSA) is 18.5 Å². The van der Waals surface area contributed by atoms with Crippen molar-refractivity contribution in [2.75, 3.05) is 13.2 Å². The van der Waals surface area contributed by atoms with E-state index in [0.717, 1.165) is 31.5 Å². The minimum atomic E-state index is 0.176. The summed E-state index contributed by atoms with van der Waals surface area (Å²) in [5.74, 6) is 2.12. The standard InChI is InChI=1S/C20H36O2/c1-4-6-13-21-16(3)20(22-15-18-11-12-18)19(5-2)14-17-9-7-8-10-17/h5,16-20H,2,4,6-15H2,1,3H3/t16-,19?,20-/m0/s1. The van der Waals surface area contributed by atoms with Gasteiger partial charge in [-0.1, -0.05) is 45.1 Å². The molecule has 2 heteroatoms. The van der Waals surface area contributed by atoms with Crippen molar-refractivity contribution in [2.24, 2.45) is 17.8 Å². The Morgan fingerprint density at radius 3 is 2.41 bits per heavy atom. The van der Waals surface area contributed by atoms with Gasteiger partial charge in [0.1, 0.15) is 0 Å². The first-order valence-corrected chi connectivity index (χ1v) is 9.60. The Labute approximate surface area is 137 Å². The second-order valence-corrected chi connectivity index (χ2v) is 7.46. The average molecular weight is 309 g/mol. The van der Waals surface area contributed by atoms with Crippen molar-refractivity contribution in [2.45, 2.75) is 83.8 Å². The van der Waals surface area contributed by atoms with Crippen LogP contribution in [0.5, 0.6) is 0 Å². The third kappa shape index (κ3) is 6.04. The van der Waals surface area contributed by atoms with E-state index in [9.17, 15) is 0 Å². The van der Waals surface area contributed by atoms with Crippen LogP contribution in [-0.4, -0.2) is 25.4 Å². The fourth-order valence-corrected chi connectivity index (χ4v) is 3.64. The van der Waals surface area contributed by atoms with Gasteiger partial charge in [-0.2, -0.15) is 0 Å². The van der Waals surface area contributed by atoms with Gasteiger partial charge in [0.2, 0.25) is 0 Å². The minimum absolute atomic E-state index is 0.176. The van der Waals surface area contributed by atoms with E-state index >= 15 is 0 Å². The lowest BCUT2D eigenvalue weighted by Crippen LogP contribution is -2.37. The zero-order chi connectivity index (χ0) is 15.8. The molecular formula is C20H36O2. The first-order valence-electron chi connectivity index (χ1n) is 9.60. The van der Waals surface area contributed by atoms with Crippen molar-refractivity contribution >= 4 is 0 Å². The van der Waals surface area contributed by atoms with Crippen molar-refractivity contribution in [1.29, 1.82) is 0 Å². The Morgan fingerprint density at radius 1 is 1.09 bits per heavy atom. The second-order valence-electron chi connectivity index (χ2n) is 7.46. The Balaban J connectivity index is 1.87. The van der Waals surface area contributed by atoms with Crippen LogP contribution < -0.4 is 0 Å². The maximum absolute atomic E-state index is 6.33.